The number of carbonyl (C=O) groups is 3. The number of nitrogens with zero attached hydrogens (tertiary/aromatic N) is 1. The van der Waals surface area contributed by atoms with Crippen LogP contribution in [0.4, 0.5) is 0 Å². The van der Waals surface area contributed by atoms with E-state index in [-0.39, 0.29) is 18.2 Å². The van der Waals surface area contributed by atoms with Gasteiger partial charge in [-0.2, -0.15) is 0 Å². The first-order valence-corrected chi connectivity index (χ1v) is 15.4. The molecule has 0 aromatic heterocycles. The highest BCUT2D eigenvalue weighted by Gasteiger charge is 2.56. The molecule has 0 saturated carbocycles. The van der Waals surface area contributed by atoms with E-state index in [9.17, 15) is 14.4 Å². The number of nitrogens with one attached hydrogen (secondary N) is 1. The number of thioether (sulfide) groups is 2. The van der Waals surface area contributed by atoms with Gasteiger partial charge in [0.25, 0.3) is 0 Å². The molecule has 8 heteroatoms. The predicted octanol–water partition coefficient (Wildman–Crippen LogP) is 5.96. The van der Waals surface area contributed by atoms with E-state index in [1.807, 2.05) is 127 Å². The van der Waals surface area contributed by atoms with Gasteiger partial charge in [-0.1, -0.05) is 121 Å². The SMILES string of the molecule is O=C(Cc1ccccc1)N[C@@H]1C(=O)N2[C@@H](C(=O)OC(c3ccccc3)c3ccccc3)C(Sc3ccccc3)=CS[C@@H]12. The third-order valence-corrected chi connectivity index (χ3v) is 9.52. The third-order valence-electron chi connectivity index (χ3n) is 7.12. The first-order chi connectivity index (χ1) is 20.6. The van der Waals surface area contributed by atoms with Crippen molar-refractivity contribution >= 4 is 41.3 Å². The van der Waals surface area contributed by atoms with Crippen molar-refractivity contribution in [3.63, 3.8) is 0 Å². The van der Waals surface area contributed by atoms with E-state index < -0.39 is 29.5 Å². The minimum atomic E-state index is -0.939. The molecule has 3 atom stereocenters. The number of rotatable bonds is 9. The number of fused-ring (bicyclic) bond motifs is 1. The van der Waals surface area contributed by atoms with Gasteiger partial charge in [-0.15, -0.1) is 11.8 Å². The minimum absolute atomic E-state index is 0.175. The molecule has 0 spiro atoms. The Hall–Kier alpha value is -4.27. The fourth-order valence-corrected chi connectivity index (χ4v) is 7.43. The van der Waals surface area contributed by atoms with Crippen molar-refractivity contribution < 1.29 is 19.1 Å². The fourth-order valence-electron chi connectivity index (χ4n) is 5.08. The van der Waals surface area contributed by atoms with Gasteiger partial charge in [0.1, 0.15) is 11.4 Å². The van der Waals surface area contributed by atoms with E-state index >= 15 is 0 Å². The highest BCUT2D eigenvalue weighted by atomic mass is 32.2. The van der Waals surface area contributed by atoms with Crippen LogP contribution in [0.25, 0.3) is 0 Å². The van der Waals surface area contributed by atoms with E-state index in [1.165, 1.54) is 23.5 Å². The Morgan fingerprint density at radius 1 is 0.810 bits per heavy atom. The first-order valence-electron chi connectivity index (χ1n) is 13.6. The molecule has 2 amide bonds. The van der Waals surface area contributed by atoms with Crippen molar-refractivity contribution in [1.29, 1.82) is 0 Å². The monoisotopic (exact) mass is 592 g/mol. The summed E-state index contributed by atoms with van der Waals surface area (Å²) in [5, 5.41) is 4.40. The van der Waals surface area contributed by atoms with Crippen LogP contribution in [0.3, 0.4) is 0 Å². The second kappa shape index (κ2) is 12.7. The first kappa shape index (κ1) is 27.9. The number of hydrogen-bond donors (Lipinski definition) is 1. The lowest BCUT2D eigenvalue weighted by Gasteiger charge is -2.51. The molecule has 210 valence electrons. The Labute approximate surface area is 253 Å². The molecule has 6 nitrogen and oxygen atoms in total. The molecule has 0 unspecified atom stereocenters. The van der Waals surface area contributed by atoms with Gasteiger partial charge in [-0.05, 0) is 34.2 Å². The highest BCUT2D eigenvalue weighted by Crippen LogP contribution is 2.46. The largest absolute Gasteiger partial charge is 0.451 e. The molecule has 0 aliphatic carbocycles. The summed E-state index contributed by atoms with van der Waals surface area (Å²) < 4.78 is 6.24. The quantitative estimate of drug-likeness (QED) is 0.191. The Balaban J connectivity index is 1.26. The van der Waals surface area contributed by atoms with Gasteiger partial charge in [0.2, 0.25) is 11.8 Å². The molecular weight excluding hydrogens is 565 g/mol. The van der Waals surface area contributed by atoms with Crippen LogP contribution < -0.4 is 5.32 Å². The van der Waals surface area contributed by atoms with Gasteiger partial charge in [-0.25, -0.2) is 4.79 Å². The average Bonchev–Trinajstić information content (AvgIpc) is 3.04. The smallest absolute Gasteiger partial charge is 0.335 e. The van der Waals surface area contributed by atoms with Crippen molar-refractivity contribution in [3.05, 3.63) is 148 Å². The van der Waals surface area contributed by atoms with Crippen LogP contribution in [-0.4, -0.2) is 40.1 Å². The molecule has 6 rings (SSSR count). The van der Waals surface area contributed by atoms with Gasteiger partial charge in [0.15, 0.2) is 12.1 Å². The number of hydrogen-bond acceptors (Lipinski definition) is 6. The summed E-state index contributed by atoms with van der Waals surface area (Å²) >= 11 is 2.87. The van der Waals surface area contributed by atoms with Crippen LogP contribution >= 0.6 is 23.5 Å². The summed E-state index contributed by atoms with van der Waals surface area (Å²) in [7, 11) is 0. The molecule has 1 fully saturated rings. The number of amides is 2. The normalized spacial score (nSPS) is 19.4. The molecule has 0 radical (unpaired) electrons. The Kier molecular flexibility index (Phi) is 8.44. The molecule has 42 heavy (non-hydrogen) atoms. The molecule has 2 heterocycles. The van der Waals surface area contributed by atoms with Crippen molar-refractivity contribution in [3.8, 4) is 0 Å². The number of β-lactam (4-membered cyclic amide) rings is 1. The number of carbonyl (C=O) groups excluding carboxylic acids is 3. The van der Waals surface area contributed by atoms with Crippen molar-refractivity contribution in [2.24, 2.45) is 0 Å². The zero-order valence-electron chi connectivity index (χ0n) is 22.5. The summed E-state index contributed by atoms with van der Waals surface area (Å²) in [6, 6.07) is 36.6. The van der Waals surface area contributed by atoms with Crippen LogP contribution in [0.15, 0.2) is 137 Å². The van der Waals surface area contributed by atoms with Crippen LogP contribution in [0.2, 0.25) is 0 Å². The summed E-state index contributed by atoms with van der Waals surface area (Å²) in [5.74, 6) is -1.05. The Morgan fingerprint density at radius 3 is 1.95 bits per heavy atom. The molecule has 4 aromatic rings. The summed E-state index contributed by atoms with van der Waals surface area (Å²) in [6.45, 7) is 0. The summed E-state index contributed by atoms with van der Waals surface area (Å²) in [5.41, 5.74) is 2.53. The van der Waals surface area contributed by atoms with E-state index in [1.54, 1.807) is 4.90 Å². The average molecular weight is 593 g/mol. The number of ether oxygens (including phenoxy) is 1. The maximum atomic E-state index is 14.1. The van der Waals surface area contributed by atoms with Crippen molar-refractivity contribution in [2.45, 2.75) is 34.9 Å². The molecule has 1 saturated heterocycles. The molecule has 2 aliphatic heterocycles. The molecular formula is C34H28N2O4S2. The van der Waals surface area contributed by atoms with Gasteiger partial charge in [0, 0.05) is 9.80 Å². The summed E-state index contributed by atoms with van der Waals surface area (Å²) in [6.07, 6.45) is -0.470. The van der Waals surface area contributed by atoms with Gasteiger partial charge >= 0.3 is 5.97 Å². The van der Waals surface area contributed by atoms with Crippen LogP contribution in [-0.2, 0) is 25.5 Å². The third kappa shape index (κ3) is 6.00. The standard InChI is InChI=1S/C34H28N2O4S2/c37-28(21-23-13-5-1-6-14-23)35-29-32(38)36-30(27(22-41-33(29)36)42-26-19-11-4-12-20-26)34(39)40-31(24-15-7-2-8-16-24)25-17-9-3-10-18-25/h1-20,22,29-31,33H,21H2,(H,35,37)/t29-,30-,33+/m1/s1. The minimum Gasteiger partial charge on any atom is -0.451 e. The lowest BCUT2D eigenvalue weighted by Crippen LogP contribution is -2.73. The molecule has 1 N–H and O–H groups in total. The fraction of sp³-hybridized carbons (Fsp3) is 0.147. The van der Waals surface area contributed by atoms with E-state index in [0.29, 0.717) is 4.91 Å². The summed E-state index contributed by atoms with van der Waals surface area (Å²) in [4.78, 5) is 43.7. The second-order valence-electron chi connectivity index (χ2n) is 9.96. The maximum Gasteiger partial charge on any atom is 0.335 e. The predicted molar refractivity (Wildman–Crippen MR) is 165 cm³/mol. The van der Waals surface area contributed by atoms with E-state index in [2.05, 4.69) is 5.32 Å². The second-order valence-corrected chi connectivity index (χ2v) is 12.1. The topological polar surface area (TPSA) is 75.7 Å². The van der Waals surface area contributed by atoms with Gasteiger partial charge in [0.05, 0.1) is 6.42 Å². The van der Waals surface area contributed by atoms with Crippen LogP contribution in [0.5, 0.6) is 0 Å². The Morgan fingerprint density at radius 2 is 1.36 bits per heavy atom. The van der Waals surface area contributed by atoms with Crippen LogP contribution in [0, 0.1) is 0 Å². The molecule has 0 bridgehead atoms. The maximum absolute atomic E-state index is 14.1. The number of esters is 1. The molecule has 4 aromatic carbocycles. The van der Waals surface area contributed by atoms with Gasteiger partial charge < -0.3 is 15.0 Å². The van der Waals surface area contributed by atoms with E-state index in [4.69, 9.17) is 4.74 Å². The molecule has 2 aliphatic rings. The Bertz CT molecular complexity index is 1540. The highest BCUT2D eigenvalue weighted by molar-refractivity contribution is 8.06. The number of benzene rings is 4. The zero-order chi connectivity index (χ0) is 28.9. The van der Waals surface area contributed by atoms with Crippen LogP contribution in [0.1, 0.15) is 22.8 Å². The van der Waals surface area contributed by atoms with E-state index in [0.717, 1.165) is 21.6 Å². The lowest BCUT2D eigenvalue weighted by atomic mass is 10.00. The lowest BCUT2D eigenvalue weighted by molar-refractivity contribution is -0.165. The van der Waals surface area contributed by atoms with Crippen molar-refractivity contribution in [1.82, 2.24) is 10.2 Å². The zero-order valence-corrected chi connectivity index (χ0v) is 24.2. The van der Waals surface area contributed by atoms with Gasteiger partial charge in [-0.3, -0.25) is 9.59 Å². The van der Waals surface area contributed by atoms with Crippen molar-refractivity contribution in [2.75, 3.05) is 0 Å².